The van der Waals surface area contributed by atoms with E-state index in [1.165, 1.54) is 51.7 Å². The summed E-state index contributed by atoms with van der Waals surface area (Å²) in [5, 5.41) is 0. The molecule has 1 fully saturated rings. The Morgan fingerprint density at radius 3 is 2.47 bits per heavy atom. The highest BCUT2D eigenvalue weighted by Gasteiger charge is 2.21. The molecule has 1 atom stereocenters. The zero-order valence-corrected chi connectivity index (χ0v) is 10.5. The van der Waals surface area contributed by atoms with E-state index in [1.807, 2.05) is 0 Å². The van der Waals surface area contributed by atoms with Gasteiger partial charge in [0.05, 0.1) is 0 Å². The highest BCUT2D eigenvalue weighted by molar-refractivity contribution is 4.75. The highest BCUT2D eigenvalue weighted by Crippen LogP contribution is 2.27. The number of nitrogens with zero attached hydrogens (tertiary/aromatic N) is 1. The summed E-state index contributed by atoms with van der Waals surface area (Å²) in [6, 6.07) is 0. The Kier molecular flexibility index (Phi) is 6.26. The van der Waals surface area contributed by atoms with Crippen LogP contribution in [0.25, 0.3) is 0 Å². The molecule has 2 heteroatoms. The maximum atomic E-state index is 5.81. The molecule has 90 valence electrons. The van der Waals surface area contributed by atoms with Crippen molar-refractivity contribution in [3.63, 3.8) is 0 Å². The summed E-state index contributed by atoms with van der Waals surface area (Å²) in [5.74, 6) is 1.71. The molecule has 1 unspecified atom stereocenters. The van der Waals surface area contributed by atoms with Gasteiger partial charge in [0.2, 0.25) is 0 Å². The molecule has 15 heavy (non-hydrogen) atoms. The lowest BCUT2D eigenvalue weighted by atomic mass is 9.85. The fraction of sp³-hybridized carbons (Fsp3) is 1.00. The molecule has 0 saturated heterocycles. The van der Waals surface area contributed by atoms with Gasteiger partial charge in [-0.2, -0.15) is 0 Å². The summed E-state index contributed by atoms with van der Waals surface area (Å²) in [7, 11) is 0. The lowest BCUT2D eigenvalue weighted by Crippen LogP contribution is -2.37. The molecule has 2 N–H and O–H groups in total. The summed E-state index contributed by atoms with van der Waals surface area (Å²) in [5.41, 5.74) is 5.81. The van der Waals surface area contributed by atoms with Crippen molar-refractivity contribution in [2.24, 2.45) is 17.6 Å². The molecule has 0 aromatic heterocycles. The van der Waals surface area contributed by atoms with Crippen LogP contribution in [-0.4, -0.2) is 31.1 Å². The first kappa shape index (κ1) is 13.0. The fourth-order valence-corrected chi connectivity index (χ4v) is 2.43. The van der Waals surface area contributed by atoms with Crippen molar-refractivity contribution < 1.29 is 0 Å². The second-order valence-electron chi connectivity index (χ2n) is 5.04. The van der Waals surface area contributed by atoms with Crippen LogP contribution in [0.15, 0.2) is 0 Å². The SMILES string of the molecule is CCCC(CN)CN(CC)CC1CCC1. The Hall–Kier alpha value is -0.0800. The largest absolute Gasteiger partial charge is 0.330 e. The number of hydrogen-bond donors (Lipinski definition) is 1. The van der Waals surface area contributed by atoms with E-state index in [9.17, 15) is 0 Å². The van der Waals surface area contributed by atoms with Crippen LogP contribution < -0.4 is 5.73 Å². The van der Waals surface area contributed by atoms with Gasteiger partial charge in [0.15, 0.2) is 0 Å². The van der Waals surface area contributed by atoms with Crippen LogP contribution in [0, 0.1) is 11.8 Å². The maximum Gasteiger partial charge on any atom is 0.00217 e. The van der Waals surface area contributed by atoms with Crippen LogP contribution in [0.5, 0.6) is 0 Å². The molecule has 0 bridgehead atoms. The first-order chi connectivity index (χ1) is 7.30. The molecule has 0 spiro atoms. The van der Waals surface area contributed by atoms with Crippen LogP contribution in [0.4, 0.5) is 0 Å². The van der Waals surface area contributed by atoms with E-state index in [0.29, 0.717) is 0 Å². The van der Waals surface area contributed by atoms with Crippen LogP contribution >= 0.6 is 0 Å². The van der Waals surface area contributed by atoms with Gasteiger partial charge in [0.25, 0.3) is 0 Å². The molecule has 0 aromatic rings. The normalized spacial score (nSPS) is 19.2. The first-order valence-corrected chi connectivity index (χ1v) is 6.72. The lowest BCUT2D eigenvalue weighted by Gasteiger charge is -2.33. The van der Waals surface area contributed by atoms with Crippen LogP contribution in [0.2, 0.25) is 0 Å². The van der Waals surface area contributed by atoms with E-state index in [2.05, 4.69) is 18.7 Å². The Bertz CT molecular complexity index is 155. The molecule has 1 aliphatic rings. The molecule has 2 nitrogen and oxygen atoms in total. The predicted octanol–water partition coefficient (Wildman–Crippen LogP) is 2.48. The van der Waals surface area contributed by atoms with Gasteiger partial charge in [-0.05, 0) is 44.2 Å². The van der Waals surface area contributed by atoms with Crippen molar-refractivity contribution in [2.45, 2.75) is 46.0 Å². The van der Waals surface area contributed by atoms with Crippen molar-refractivity contribution >= 4 is 0 Å². The summed E-state index contributed by atoms with van der Waals surface area (Å²) in [6.07, 6.45) is 6.92. The fourth-order valence-electron chi connectivity index (χ4n) is 2.43. The van der Waals surface area contributed by atoms with E-state index in [-0.39, 0.29) is 0 Å². The lowest BCUT2D eigenvalue weighted by molar-refractivity contribution is 0.162. The molecule has 0 amide bonds. The van der Waals surface area contributed by atoms with Crippen molar-refractivity contribution in [1.29, 1.82) is 0 Å². The van der Waals surface area contributed by atoms with E-state index >= 15 is 0 Å². The van der Waals surface area contributed by atoms with E-state index < -0.39 is 0 Å². The minimum absolute atomic E-state index is 0.718. The zero-order valence-electron chi connectivity index (χ0n) is 10.5. The van der Waals surface area contributed by atoms with Crippen molar-refractivity contribution in [1.82, 2.24) is 4.90 Å². The van der Waals surface area contributed by atoms with Gasteiger partial charge in [-0.1, -0.05) is 26.7 Å². The molecule has 0 radical (unpaired) electrons. The number of rotatable bonds is 8. The maximum absolute atomic E-state index is 5.81. The number of hydrogen-bond acceptors (Lipinski definition) is 2. The zero-order chi connectivity index (χ0) is 11.1. The van der Waals surface area contributed by atoms with E-state index in [0.717, 1.165) is 18.4 Å². The molecule has 1 rings (SSSR count). The third-order valence-corrected chi connectivity index (χ3v) is 3.74. The Balaban J connectivity index is 2.23. The molecular weight excluding hydrogens is 184 g/mol. The first-order valence-electron chi connectivity index (χ1n) is 6.72. The third-order valence-electron chi connectivity index (χ3n) is 3.74. The average molecular weight is 212 g/mol. The smallest absolute Gasteiger partial charge is 0.00217 e. The van der Waals surface area contributed by atoms with Gasteiger partial charge in [-0.3, -0.25) is 0 Å². The second-order valence-corrected chi connectivity index (χ2v) is 5.04. The molecule has 0 heterocycles. The summed E-state index contributed by atoms with van der Waals surface area (Å²) in [6.45, 7) is 9.11. The van der Waals surface area contributed by atoms with Gasteiger partial charge >= 0.3 is 0 Å². The van der Waals surface area contributed by atoms with Crippen molar-refractivity contribution in [2.75, 3.05) is 26.2 Å². The number of nitrogens with two attached hydrogens (primary N) is 1. The summed E-state index contributed by atoms with van der Waals surface area (Å²) < 4.78 is 0. The van der Waals surface area contributed by atoms with Gasteiger partial charge in [-0.15, -0.1) is 0 Å². The summed E-state index contributed by atoms with van der Waals surface area (Å²) in [4.78, 5) is 2.61. The van der Waals surface area contributed by atoms with E-state index in [4.69, 9.17) is 5.73 Å². The minimum Gasteiger partial charge on any atom is -0.330 e. The minimum atomic E-state index is 0.718. The van der Waals surface area contributed by atoms with Crippen molar-refractivity contribution in [3.8, 4) is 0 Å². The topological polar surface area (TPSA) is 29.3 Å². The van der Waals surface area contributed by atoms with Crippen LogP contribution in [0.1, 0.15) is 46.0 Å². The van der Waals surface area contributed by atoms with Crippen LogP contribution in [-0.2, 0) is 0 Å². The van der Waals surface area contributed by atoms with Crippen molar-refractivity contribution in [3.05, 3.63) is 0 Å². The third kappa shape index (κ3) is 4.52. The van der Waals surface area contributed by atoms with Gasteiger partial charge in [0.1, 0.15) is 0 Å². The highest BCUT2D eigenvalue weighted by atomic mass is 15.1. The standard InChI is InChI=1S/C13H28N2/c1-3-6-13(9-14)11-15(4-2)10-12-7-5-8-12/h12-13H,3-11,14H2,1-2H3. The molecule has 1 aliphatic carbocycles. The average Bonchev–Trinajstić information content (AvgIpc) is 2.20. The monoisotopic (exact) mass is 212 g/mol. The van der Waals surface area contributed by atoms with Crippen LogP contribution in [0.3, 0.4) is 0 Å². The molecular formula is C13H28N2. The quantitative estimate of drug-likeness (QED) is 0.670. The molecule has 0 aliphatic heterocycles. The molecule has 0 aromatic carbocycles. The van der Waals surface area contributed by atoms with Gasteiger partial charge < -0.3 is 10.6 Å². The van der Waals surface area contributed by atoms with Gasteiger partial charge in [0, 0.05) is 13.1 Å². The Labute approximate surface area is 95.2 Å². The van der Waals surface area contributed by atoms with Gasteiger partial charge in [-0.25, -0.2) is 0 Å². The Morgan fingerprint density at radius 1 is 1.33 bits per heavy atom. The van der Waals surface area contributed by atoms with E-state index in [1.54, 1.807) is 0 Å². The second kappa shape index (κ2) is 7.24. The predicted molar refractivity (Wildman–Crippen MR) is 66.9 cm³/mol. The molecule has 1 saturated carbocycles. The summed E-state index contributed by atoms with van der Waals surface area (Å²) >= 11 is 0. The Morgan fingerprint density at radius 2 is 2.07 bits per heavy atom.